The minimum Gasteiger partial charge on any atom is -0.495 e. The molecule has 45 heavy (non-hydrogen) atoms. The van der Waals surface area contributed by atoms with E-state index in [2.05, 4.69) is 5.32 Å². The monoisotopic (exact) mass is 673 g/mol. The number of sulfonamides is 1. The number of carbonyl (C=O) groups excluding carboxylic acids is 2. The Hall–Kier alpha value is -3.27. The van der Waals surface area contributed by atoms with Crippen LogP contribution < -0.4 is 14.4 Å². The molecule has 11 heteroatoms. The molecular formula is C34H41Cl2N3O5S. The summed E-state index contributed by atoms with van der Waals surface area (Å²) in [6.45, 7) is 0.259. The van der Waals surface area contributed by atoms with Gasteiger partial charge in [-0.25, -0.2) is 8.42 Å². The molecular weight excluding hydrogens is 633 g/mol. The van der Waals surface area contributed by atoms with Gasteiger partial charge in [-0.15, -0.1) is 0 Å². The van der Waals surface area contributed by atoms with Gasteiger partial charge in [-0.1, -0.05) is 84.9 Å². The van der Waals surface area contributed by atoms with E-state index in [9.17, 15) is 18.0 Å². The highest BCUT2D eigenvalue weighted by Crippen LogP contribution is 2.30. The second-order valence-corrected chi connectivity index (χ2v) is 14.2. The quantitative estimate of drug-likeness (QED) is 0.207. The maximum atomic E-state index is 14.1. The van der Waals surface area contributed by atoms with Crippen molar-refractivity contribution in [1.82, 2.24) is 10.2 Å². The zero-order chi connectivity index (χ0) is 32.4. The van der Waals surface area contributed by atoms with Gasteiger partial charge in [-0.2, -0.15) is 0 Å². The maximum Gasteiger partial charge on any atom is 0.243 e. The standard InChI is InChI=1S/C34H41Cl2N3O5S/c1-44-32-20-19-29(23-30(32)36)39(45(2,42)43)21-9-14-33(40)38(24-26-15-17-27(35)18-16-26)31(22-25-10-5-3-6-11-25)34(41)37-28-12-7-4-8-13-28/h3,5-6,10-11,15-20,23,28,31H,4,7-9,12-14,21-22,24H2,1-2H3,(H,37,41). The lowest BCUT2D eigenvalue weighted by Crippen LogP contribution is -2.52. The molecule has 1 fully saturated rings. The molecule has 0 aliphatic heterocycles. The number of halogens is 2. The van der Waals surface area contributed by atoms with Crippen molar-refractivity contribution in [3.8, 4) is 5.75 Å². The summed E-state index contributed by atoms with van der Waals surface area (Å²) >= 11 is 12.4. The third kappa shape index (κ3) is 10.1. The van der Waals surface area contributed by atoms with Crippen LogP contribution >= 0.6 is 23.2 Å². The van der Waals surface area contributed by atoms with Crippen LogP contribution in [0.5, 0.6) is 5.75 Å². The SMILES string of the molecule is COc1ccc(N(CCCC(=O)N(Cc2ccc(Cl)cc2)C(Cc2ccccc2)C(=O)NC2CCCCC2)S(C)(=O)=O)cc1Cl. The first-order valence-electron chi connectivity index (χ1n) is 15.2. The number of anilines is 1. The molecule has 1 aliphatic rings. The van der Waals surface area contributed by atoms with Crippen LogP contribution in [0.15, 0.2) is 72.8 Å². The Labute approximate surface area is 276 Å². The zero-order valence-electron chi connectivity index (χ0n) is 25.8. The summed E-state index contributed by atoms with van der Waals surface area (Å²) in [4.78, 5) is 29.6. The number of hydrogen-bond donors (Lipinski definition) is 1. The molecule has 2 amide bonds. The average Bonchev–Trinajstić information content (AvgIpc) is 3.02. The topological polar surface area (TPSA) is 96.0 Å². The number of ether oxygens (including phenoxy) is 1. The summed E-state index contributed by atoms with van der Waals surface area (Å²) in [5.41, 5.74) is 2.15. The van der Waals surface area contributed by atoms with Crippen molar-refractivity contribution in [3.05, 3.63) is 94.0 Å². The number of nitrogens with zero attached hydrogens (tertiary/aromatic N) is 2. The van der Waals surface area contributed by atoms with Crippen molar-refractivity contribution in [2.45, 2.75) is 70.0 Å². The van der Waals surface area contributed by atoms with E-state index in [1.165, 1.54) is 17.5 Å². The predicted molar refractivity (Wildman–Crippen MR) is 180 cm³/mol. The van der Waals surface area contributed by atoms with Gasteiger partial charge in [0.05, 0.1) is 24.1 Å². The van der Waals surface area contributed by atoms with Crippen LogP contribution in [0, 0.1) is 0 Å². The number of hydrogen-bond acceptors (Lipinski definition) is 5. The first-order valence-corrected chi connectivity index (χ1v) is 17.8. The van der Waals surface area contributed by atoms with E-state index in [1.807, 2.05) is 42.5 Å². The number of methoxy groups -OCH3 is 1. The predicted octanol–water partition coefficient (Wildman–Crippen LogP) is 6.64. The molecule has 1 aliphatic carbocycles. The van der Waals surface area contributed by atoms with Crippen molar-refractivity contribution >= 4 is 50.7 Å². The van der Waals surface area contributed by atoms with Crippen LogP contribution in [0.2, 0.25) is 10.0 Å². The second-order valence-electron chi connectivity index (χ2n) is 11.5. The van der Waals surface area contributed by atoms with Gasteiger partial charge in [0.1, 0.15) is 11.8 Å². The smallest absolute Gasteiger partial charge is 0.243 e. The summed E-state index contributed by atoms with van der Waals surface area (Å²) in [5.74, 6) is 0.00226. The van der Waals surface area contributed by atoms with E-state index in [4.69, 9.17) is 27.9 Å². The fraction of sp³-hybridized carbons (Fsp3) is 0.412. The molecule has 0 radical (unpaired) electrons. The van der Waals surface area contributed by atoms with Gasteiger partial charge >= 0.3 is 0 Å². The summed E-state index contributed by atoms with van der Waals surface area (Å²) in [6.07, 6.45) is 6.87. The van der Waals surface area contributed by atoms with Gasteiger partial charge in [-0.05, 0) is 60.7 Å². The largest absolute Gasteiger partial charge is 0.495 e. The van der Waals surface area contributed by atoms with Crippen LogP contribution in [0.1, 0.15) is 56.1 Å². The molecule has 4 rings (SSSR count). The summed E-state index contributed by atoms with van der Waals surface area (Å²) < 4.78 is 31.9. The molecule has 1 saturated carbocycles. The average molecular weight is 675 g/mol. The van der Waals surface area contributed by atoms with Crippen molar-refractivity contribution in [2.24, 2.45) is 0 Å². The van der Waals surface area contributed by atoms with E-state index < -0.39 is 16.1 Å². The normalized spacial score (nSPS) is 14.4. The molecule has 242 valence electrons. The fourth-order valence-electron chi connectivity index (χ4n) is 5.70. The zero-order valence-corrected chi connectivity index (χ0v) is 28.1. The molecule has 8 nitrogen and oxygen atoms in total. The van der Waals surface area contributed by atoms with Crippen LogP contribution in [-0.4, -0.2) is 57.1 Å². The van der Waals surface area contributed by atoms with Crippen LogP contribution in [0.4, 0.5) is 5.69 Å². The van der Waals surface area contributed by atoms with E-state index in [1.54, 1.807) is 29.2 Å². The molecule has 0 aromatic heterocycles. The van der Waals surface area contributed by atoms with Crippen molar-refractivity contribution in [2.75, 3.05) is 24.2 Å². The minimum atomic E-state index is -3.68. The van der Waals surface area contributed by atoms with Crippen LogP contribution in [0.3, 0.4) is 0 Å². The molecule has 0 heterocycles. The third-order valence-electron chi connectivity index (χ3n) is 8.06. The van der Waals surface area contributed by atoms with Crippen LogP contribution in [-0.2, 0) is 32.6 Å². The Morgan fingerprint density at radius 2 is 1.64 bits per heavy atom. The minimum absolute atomic E-state index is 0.0332. The van der Waals surface area contributed by atoms with Gasteiger partial charge in [0.25, 0.3) is 0 Å². The third-order valence-corrected chi connectivity index (χ3v) is 9.81. The van der Waals surface area contributed by atoms with E-state index in [-0.39, 0.29) is 48.8 Å². The molecule has 0 bridgehead atoms. The first-order chi connectivity index (χ1) is 21.5. The molecule has 0 saturated heterocycles. The highest BCUT2D eigenvalue weighted by atomic mass is 35.5. The maximum absolute atomic E-state index is 14.1. The van der Waals surface area contributed by atoms with Crippen molar-refractivity contribution in [1.29, 1.82) is 0 Å². The van der Waals surface area contributed by atoms with E-state index in [0.717, 1.165) is 49.5 Å². The molecule has 0 spiro atoms. The summed E-state index contributed by atoms with van der Waals surface area (Å²) in [6, 6.07) is 21.0. The van der Waals surface area contributed by atoms with Crippen LogP contribution in [0.25, 0.3) is 0 Å². The van der Waals surface area contributed by atoms with Gasteiger partial charge in [-0.3, -0.25) is 13.9 Å². The van der Waals surface area contributed by atoms with Crippen molar-refractivity contribution in [3.63, 3.8) is 0 Å². The first kappa shape index (κ1) is 34.6. The van der Waals surface area contributed by atoms with E-state index in [0.29, 0.717) is 22.9 Å². The second kappa shape index (κ2) is 16.3. The molecule has 1 N–H and O–H groups in total. The fourth-order valence-corrected chi connectivity index (χ4v) is 7.03. The Kier molecular flexibility index (Phi) is 12.6. The Balaban J connectivity index is 1.58. The summed E-state index contributed by atoms with van der Waals surface area (Å²) in [7, 11) is -2.20. The molecule has 3 aromatic carbocycles. The number of carbonyl (C=O) groups is 2. The molecule has 1 atom stereocenters. The van der Waals surface area contributed by atoms with Crippen molar-refractivity contribution < 1.29 is 22.7 Å². The molecule has 1 unspecified atom stereocenters. The number of amides is 2. The molecule has 3 aromatic rings. The van der Waals surface area contributed by atoms with Gasteiger partial charge in [0.15, 0.2) is 0 Å². The summed E-state index contributed by atoms with van der Waals surface area (Å²) in [5, 5.41) is 4.09. The highest BCUT2D eigenvalue weighted by molar-refractivity contribution is 7.92. The van der Waals surface area contributed by atoms with E-state index >= 15 is 0 Å². The highest BCUT2D eigenvalue weighted by Gasteiger charge is 2.32. The Bertz CT molecular complexity index is 1530. The van der Waals surface area contributed by atoms with Gasteiger partial charge in [0, 0.05) is 37.0 Å². The Morgan fingerprint density at radius 1 is 0.956 bits per heavy atom. The number of rotatable bonds is 14. The number of nitrogens with one attached hydrogen (secondary N) is 1. The lowest BCUT2D eigenvalue weighted by Gasteiger charge is -2.34. The number of benzene rings is 3. The lowest BCUT2D eigenvalue weighted by molar-refractivity contribution is -0.141. The lowest BCUT2D eigenvalue weighted by atomic mass is 9.94. The Morgan fingerprint density at radius 3 is 2.27 bits per heavy atom. The van der Waals surface area contributed by atoms with Gasteiger partial charge < -0.3 is 15.0 Å². The van der Waals surface area contributed by atoms with Gasteiger partial charge in [0.2, 0.25) is 21.8 Å².